The second-order valence-corrected chi connectivity index (χ2v) is 6.73. The Morgan fingerprint density at radius 2 is 1.84 bits per heavy atom. The summed E-state index contributed by atoms with van der Waals surface area (Å²) in [6, 6.07) is 5.06. The third kappa shape index (κ3) is 1.35. The summed E-state index contributed by atoms with van der Waals surface area (Å²) in [5.41, 5.74) is 5.33. The molecule has 0 radical (unpaired) electrons. The molecular weight excluding hydrogens is 234 g/mol. The number of benzene rings is 1. The van der Waals surface area contributed by atoms with E-state index in [9.17, 15) is 4.79 Å². The number of carbonyl (C=O) groups excluding carboxylic acids is 1. The van der Waals surface area contributed by atoms with Crippen molar-refractivity contribution in [2.24, 2.45) is 11.8 Å². The van der Waals surface area contributed by atoms with Crippen LogP contribution >= 0.6 is 0 Å². The molecule has 100 valence electrons. The summed E-state index contributed by atoms with van der Waals surface area (Å²) in [6.45, 7) is 6.07. The van der Waals surface area contributed by atoms with Gasteiger partial charge in [-0.15, -0.1) is 0 Å². The average Bonchev–Trinajstić information content (AvgIpc) is 3.00. The standard InChI is InChI=1S/C17H21NO/c1-9-6-14-15(7-10(9)2)18(11(3)19)17-13-5-4-12(8-13)16(14)17/h6-7,12-13,16-17H,4-5,8H2,1-3H3/t12-,13+,16-,17-/m1/s1. The van der Waals surface area contributed by atoms with E-state index in [2.05, 4.69) is 30.9 Å². The molecule has 1 heterocycles. The van der Waals surface area contributed by atoms with Crippen LogP contribution in [0.4, 0.5) is 5.69 Å². The summed E-state index contributed by atoms with van der Waals surface area (Å²) in [5.74, 6) is 2.41. The largest absolute Gasteiger partial charge is 0.308 e. The predicted octanol–water partition coefficient (Wildman–Crippen LogP) is 3.55. The number of nitrogens with zero attached hydrogens (tertiary/aromatic N) is 1. The van der Waals surface area contributed by atoms with Crippen molar-refractivity contribution in [3.8, 4) is 0 Å². The number of amides is 1. The molecule has 1 aromatic carbocycles. The molecule has 2 saturated carbocycles. The number of anilines is 1. The molecule has 4 rings (SSSR count). The maximum atomic E-state index is 12.1. The molecule has 2 fully saturated rings. The first kappa shape index (κ1) is 11.5. The Kier molecular flexibility index (Phi) is 2.19. The Bertz CT molecular complexity index is 577. The Hall–Kier alpha value is -1.31. The highest BCUT2D eigenvalue weighted by Gasteiger charge is 2.55. The first-order valence-electron chi connectivity index (χ1n) is 7.49. The van der Waals surface area contributed by atoms with Crippen molar-refractivity contribution in [3.05, 3.63) is 28.8 Å². The van der Waals surface area contributed by atoms with Crippen LogP contribution in [0.5, 0.6) is 0 Å². The molecule has 0 N–H and O–H groups in total. The molecule has 0 aromatic heterocycles. The average molecular weight is 255 g/mol. The molecule has 2 heteroatoms. The van der Waals surface area contributed by atoms with Crippen LogP contribution in [0.1, 0.15) is 48.8 Å². The van der Waals surface area contributed by atoms with Crippen molar-refractivity contribution in [2.75, 3.05) is 4.90 Å². The van der Waals surface area contributed by atoms with Gasteiger partial charge in [-0.2, -0.15) is 0 Å². The highest BCUT2D eigenvalue weighted by molar-refractivity contribution is 5.95. The smallest absolute Gasteiger partial charge is 0.224 e. The minimum atomic E-state index is 0.226. The fraction of sp³-hybridized carbons (Fsp3) is 0.588. The molecule has 2 aliphatic carbocycles. The van der Waals surface area contributed by atoms with Gasteiger partial charge in [0, 0.05) is 24.6 Å². The molecular formula is C17H21NO. The predicted molar refractivity (Wildman–Crippen MR) is 76.4 cm³/mol. The molecule has 1 aromatic rings. The number of rotatable bonds is 0. The molecule has 19 heavy (non-hydrogen) atoms. The van der Waals surface area contributed by atoms with Crippen molar-refractivity contribution >= 4 is 11.6 Å². The van der Waals surface area contributed by atoms with Crippen LogP contribution in [0.25, 0.3) is 0 Å². The van der Waals surface area contributed by atoms with Gasteiger partial charge in [0.2, 0.25) is 5.91 Å². The lowest BCUT2D eigenvalue weighted by Crippen LogP contribution is -2.41. The van der Waals surface area contributed by atoms with Gasteiger partial charge >= 0.3 is 0 Å². The summed E-state index contributed by atoms with van der Waals surface area (Å²) in [6.07, 6.45) is 4.02. The van der Waals surface area contributed by atoms with E-state index in [4.69, 9.17) is 0 Å². The highest BCUT2D eigenvalue weighted by Crippen LogP contribution is 2.60. The zero-order valence-electron chi connectivity index (χ0n) is 11.9. The third-order valence-electron chi connectivity index (χ3n) is 5.77. The number of aryl methyl sites for hydroxylation is 2. The molecule has 1 aliphatic heterocycles. The molecule has 2 bridgehead atoms. The Morgan fingerprint density at radius 1 is 1.16 bits per heavy atom. The summed E-state index contributed by atoms with van der Waals surface area (Å²) < 4.78 is 0. The Morgan fingerprint density at radius 3 is 2.58 bits per heavy atom. The summed E-state index contributed by atoms with van der Waals surface area (Å²) in [4.78, 5) is 14.3. The van der Waals surface area contributed by atoms with Crippen LogP contribution in [-0.4, -0.2) is 11.9 Å². The number of carbonyl (C=O) groups is 1. The molecule has 1 amide bonds. The van der Waals surface area contributed by atoms with Crippen molar-refractivity contribution in [3.63, 3.8) is 0 Å². The van der Waals surface area contributed by atoms with Gasteiger partial charge in [-0.3, -0.25) is 4.79 Å². The minimum Gasteiger partial charge on any atom is -0.308 e. The highest BCUT2D eigenvalue weighted by atomic mass is 16.2. The SMILES string of the molecule is CC(=O)N1c2cc(C)c(C)cc2[C@H]2[C@@H]3CC[C@@H](C3)[C@H]21. The second kappa shape index (κ2) is 3.62. The molecule has 2 nitrogen and oxygen atoms in total. The third-order valence-corrected chi connectivity index (χ3v) is 5.77. The molecule has 0 saturated heterocycles. The fourth-order valence-corrected chi connectivity index (χ4v) is 4.91. The maximum absolute atomic E-state index is 12.1. The van der Waals surface area contributed by atoms with E-state index in [-0.39, 0.29) is 5.91 Å². The normalized spacial score (nSPS) is 34.6. The van der Waals surface area contributed by atoms with Crippen LogP contribution in [0, 0.1) is 25.7 Å². The molecule has 0 spiro atoms. The topological polar surface area (TPSA) is 20.3 Å². The maximum Gasteiger partial charge on any atom is 0.224 e. The Balaban J connectivity index is 1.92. The van der Waals surface area contributed by atoms with E-state index in [1.807, 2.05) is 0 Å². The Labute approximate surface area is 114 Å². The number of fused-ring (bicyclic) bond motifs is 7. The van der Waals surface area contributed by atoms with Gasteiger partial charge in [-0.1, -0.05) is 6.07 Å². The van der Waals surface area contributed by atoms with E-state index < -0.39 is 0 Å². The first-order valence-corrected chi connectivity index (χ1v) is 7.49. The fourth-order valence-electron chi connectivity index (χ4n) is 4.91. The molecule has 4 atom stereocenters. The lowest BCUT2D eigenvalue weighted by molar-refractivity contribution is -0.117. The number of hydrogen-bond donors (Lipinski definition) is 0. The summed E-state index contributed by atoms with van der Waals surface area (Å²) >= 11 is 0. The van der Waals surface area contributed by atoms with Crippen molar-refractivity contribution in [1.29, 1.82) is 0 Å². The lowest BCUT2D eigenvalue weighted by Gasteiger charge is -2.31. The van der Waals surface area contributed by atoms with Gasteiger partial charge in [-0.05, 0) is 67.7 Å². The van der Waals surface area contributed by atoms with Gasteiger partial charge in [0.05, 0.1) is 0 Å². The first-order chi connectivity index (χ1) is 9.08. The number of hydrogen-bond acceptors (Lipinski definition) is 1. The molecule has 3 aliphatic rings. The lowest BCUT2D eigenvalue weighted by atomic mass is 9.81. The van der Waals surface area contributed by atoms with E-state index in [0.29, 0.717) is 12.0 Å². The minimum absolute atomic E-state index is 0.226. The van der Waals surface area contributed by atoms with E-state index in [0.717, 1.165) is 11.8 Å². The van der Waals surface area contributed by atoms with Gasteiger partial charge in [0.25, 0.3) is 0 Å². The van der Waals surface area contributed by atoms with Crippen molar-refractivity contribution in [1.82, 2.24) is 0 Å². The van der Waals surface area contributed by atoms with Crippen LogP contribution < -0.4 is 4.90 Å². The summed E-state index contributed by atoms with van der Waals surface area (Å²) in [7, 11) is 0. The van der Waals surface area contributed by atoms with Crippen molar-refractivity contribution in [2.45, 2.75) is 52.0 Å². The second-order valence-electron chi connectivity index (χ2n) is 6.73. The monoisotopic (exact) mass is 255 g/mol. The quantitative estimate of drug-likeness (QED) is 0.694. The van der Waals surface area contributed by atoms with Gasteiger partial charge in [0.1, 0.15) is 0 Å². The van der Waals surface area contributed by atoms with Crippen molar-refractivity contribution < 1.29 is 4.79 Å². The zero-order valence-corrected chi connectivity index (χ0v) is 11.9. The van der Waals surface area contributed by atoms with E-state index in [1.165, 1.54) is 41.6 Å². The van der Waals surface area contributed by atoms with E-state index in [1.54, 1.807) is 6.92 Å². The van der Waals surface area contributed by atoms with Gasteiger partial charge < -0.3 is 4.90 Å². The van der Waals surface area contributed by atoms with E-state index >= 15 is 0 Å². The molecule has 0 unspecified atom stereocenters. The van der Waals surface area contributed by atoms with Crippen LogP contribution in [0.15, 0.2) is 12.1 Å². The zero-order chi connectivity index (χ0) is 13.3. The summed E-state index contributed by atoms with van der Waals surface area (Å²) in [5, 5.41) is 0. The van der Waals surface area contributed by atoms with Crippen LogP contribution in [0.2, 0.25) is 0 Å². The van der Waals surface area contributed by atoms with Gasteiger partial charge in [-0.25, -0.2) is 0 Å². The van der Waals surface area contributed by atoms with Crippen LogP contribution in [-0.2, 0) is 4.79 Å². The van der Waals surface area contributed by atoms with Crippen LogP contribution in [0.3, 0.4) is 0 Å². The van der Waals surface area contributed by atoms with Gasteiger partial charge in [0.15, 0.2) is 0 Å².